The monoisotopic (exact) mass is 522 g/mol. The first-order valence-corrected chi connectivity index (χ1v) is 10.4. The van der Waals surface area contributed by atoms with E-state index in [0.29, 0.717) is 0 Å². The van der Waals surface area contributed by atoms with Crippen molar-refractivity contribution in [2.75, 3.05) is 69.3 Å². The summed E-state index contributed by atoms with van der Waals surface area (Å²) in [6.45, 7) is 8.00. The summed E-state index contributed by atoms with van der Waals surface area (Å²) in [7, 11) is 1.86. The summed E-state index contributed by atoms with van der Waals surface area (Å²) in [5, 5.41) is 3.57. The Bertz CT molecular complexity index is 804. The summed E-state index contributed by atoms with van der Waals surface area (Å²) >= 11 is 0. The number of hydrogen-bond acceptors (Lipinski definition) is 5. The highest BCUT2D eigenvalue weighted by molar-refractivity contribution is 14.0. The fourth-order valence-electron chi connectivity index (χ4n) is 3.97. The van der Waals surface area contributed by atoms with Crippen molar-refractivity contribution in [1.29, 1.82) is 0 Å². The van der Waals surface area contributed by atoms with E-state index >= 15 is 0 Å². The van der Waals surface area contributed by atoms with E-state index in [2.05, 4.69) is 60.3 Å². The highest BCUT2D eigenvalue weighted by Gasteiger charge is 2.21. The number of piperazine rings is 1. The lowest BCUT2D eigenvalue weighted by atomic mass is 10.1. The van der Waals surface area contributed by atoms with Gasteiger partial charge in [-0.2, -0.15) is 0 Å². The van der Waals surface area contributed by atoms with Gasteiger partial charge in [-0.05, 0) is 23.8 Å². The molecule has 0 atom stereocenters. The van der Waals surface area contributed by atoms with Crippen LogP contribution in [0, 0.1) is 0 Å². The van der Waals surface area contributed by atoms with Gasteiger partial charge in [-0.3, -0.25) is 4.99 Å². The van der Waals surface area contributed by atoms with Gasteiger partial charge in [-0.25, -0.2) is 4.98 Å². The van der Waals surface area contributed by atoms with Crippen LogP contribution in [0.25, 0.3) is 0 Å². The number of nitrogens with zero attached hydrogens (tertiary/aromatic N) is 5. The number of aliphatic imine (C=N–C) groups is 1. The Morgan fingerprint density at radius 1 is 0.967 bits per heavy atom. The summed E-state index contributed by atoms with van der Waals surface area (Å²) in [5.74, 6) is 2.01. The number of ether oxygens (including phenoxy) is 1. The Labute approximate surface area is 196 Å². The number of morpholine rings is 1. The van der Waals surface area contributed by atoms with Gasteiger partial charge in [0.05, 0.1) is 13.2 Å². The van der Waals surface area contributed by atoms with E-state index in [9.17, 15) is 0 Å². The first kappa shape index (κ1) is 22.6. The summed E-state index contributed by atoms with van der Waals surface area (Å²) in [4.78, 5) is 16.1. The number of hydrogen-bond donors (Lipinski definition) is 1. The minimum absolute atomic E-state index is 0. The Hall–Kier alpha value is -2.07. The predicted molar refractivity (Wildman–Crippen MR) is 133 cm³/mol. The maximum absolute atomic E-state index is 5.51. The molecule has 0 unspecified atom stereocenters. The lowest BCUT2D eigenvalue weighted by Crippen LogP contribution is -2.52. The molecule has 0 saturated carbocycles. The van der Waals surface area contributed by atoms with Gasteiger partial charge in [0.1, 0.15) is 5.82 Å². The standard InChI is InChI=1S/C22H30N6O.HI/c1-23-22(28-12-10-27(11-13-28)21-8-4-5-9-24-21)25-18-19-6-2-3-7-20(19)26-14-16-29-17-15-26;/h2-9H,10-18H2,1H3,(H,23,25);1H. The zero-order chi connectivity index (χ0) is 19.9. The number of halogens is 1. The molecule has 30 heavy (non-hydrogen) atoms. The van der Waals surface area contributed by atoms with Crippen LogP contribution in [0.15, 0.2) is 53.7 Å². The number of para-hydroxylation sites is 1. The smallest absolute Gasteiger partial charge is 0.194 e. The predicted octanol–water partition coefficient (Wildman–Crippen LogP) is 2.43. The molecule has 2 saturated heterocycles. The van der Waals surface area contributed by atoms with Crippen LogP contribution in [0.1, 0.15) is 5.56 Å². The van der Waals surface area contributed by atoms with E-state index in [4.69, 9.17) is 4.74 Å². The second kappa shape index (κ2) is 11.4. The van der Waals surface area contributed by atoms with E-state index in [0.717, 1.165) is 70.8 Å². The molecule has 8 heteroatoms. The van der Waals surface area contributed by atoms with Crippen molar-refractivity contribution in [3.63, 3.8) is 0 Å². The van der Waals surface area contributed by atoms with Crippen LogP contribution in [-0.2, 0) is 11.3 Å². The third kappa shape index (κ3) is 5.54. The van der Waals surface area contributed by atoms with Gasteiger partial charge in [0.15, 0.2) is 5.96 Å². The number of pyridine rings is 1. The van der Waals surface area contributed by atoms with Crippen molar-refractivity contribution in [1.82, 2.24) is 15.2 Å². The zero-order valence-electron chi connectivity index (χ0n) is 17.5. The first-order valence-electron chi connectivity index (χ1n) is 10.4. The van der Waals surface area contributed by atoms with Gasteiger partial charge in [-0.15, -0.1) is 24.0 Å². The molecule has 162 valence electrons. The third-order valence-electron chi connectivity index (χ3n) is 5.54. The van der Waals surface area contributed by atoms with Crippen molar-refractivity contribution in [2.24, 2.45) is 4.99 Å². The summed E-state index contributed by atoms with van der Waals surface area (Å²) in [6.07, 6.45) is 1.86. The van der Waals surface area contributed by atoms with Crippen LogP contribution in [0.3, 0.4) is 0 Å². The lowest BCUT2D eigenvalue weighted by molar-refractivity contribution is 0.122. The zero-order valence-corrected chi connectivity index (χ0v) is 19.9. The van der Waals surface area contributed by atoms with Crippen LogP contribution >= 0.6 is 24.0 Å². The van der Waals surface area contributed by atoms with E-state index in [1.54, 1.807) is 0 Å². The quantitative estimate of drug-likeness (QED) is 0.379. The highest BCUT2D eigenvalue weighted by atomic mass is 127. The number of aromatic nitrogens is 1. The molecule has 0 amide bonds. The number of anilines is 2. The molecule has 3 heterocycles. The molecule has 2 aromatic rings. The SMILES string of the molecule is CN=C(NCc1ccccc1N1CCOCC1)N1CCN(c2ccccn2)CC1.I. The second-order valence-corrected chi connectivity index (χ2v) is 7.29. The summed E-state index contributed by atoms with van der Waals surface area (Å²) in [6, 6.07) is 14.7. The van der Waals surface area contributed by atoms with Gasteiger partial charge >= 0.3 is 0 Å². The molecular weight excluding hydrogens is 491 g/mol. The highest BCUT2D eigenvalue weighted by Crippen LogP contribution is 2.21. The van der Waals surface area contributed by atoms with Crippen molar-refractivity contribution in [3.8, 4) is 0 Å². The molecule has 0 radical (unpaired) electrons. The van der Waals surface area contributed by atoms with Gasteiger partial charge in [-0.1, -0.05) is 24.3 Å². The topological polar surface area (TPSA) is 56.2 Å². The van der Waals surface area contributed by atoms with Crippen molar-refractivity contribution in [3.05, 3.63) is 54.2 Å². The Morgan fingerprint density at radius 2 is 1.70 bits per heavy atom. The average molecular weight is 522 g/mol. The molecule has 1 aromatic heterocycles. The lowest BCUT2D eigenvalue weighted by Gasteiger charge is -2.37. The van der Waals surface area contributed by atoms with Gasteiger partial charge < -0.3 is 24.8 Å². The number of rotatable bonds is 4. The second-order valence-electron chi connectivity index (χ2n) is 7.29. The molecule has 2 aliphatic heterocycles. The van der Waals surface area contributed by atoms with Crippen LogP contribution in [0.4, 0.5) is 11.5 Å². The molecule has 0 spiro atoms. The minimum atomic E-state index is 0. The molecule has 0 bridgehead atoms. The third-order valence-corrected chi connectivity index (χ3v) is 5.54. The maximum atomic E-state index is 5.51. The number of benzene rings is 1. The molecular formula is C22H31IN6O. The van der Waals surface area contributed by atoms with Gasteiger partial charge in [0, 0.05) is 64.7 Å². The van der Waals surface area contributed by atoms with Crippen LogP contribution < -0.4 is 15.1 Å². The fraction of sp³-hybridized carbons (Fsp3) is 0.455. The van der Waals surface area contributed by atoms with E-state index in [1.165, 1.54) is 11.3 Å². The molecule has 1 aromatic carbocycles. The van der Waals surface area contributed by atoms with Gasteiger partial charge in [0.2, 0.25) is 0 Å². The molecule has 2 fully saturated rings. The van der Waals surface area contributed by atoms with Crippen LogP contribution in [0.2, 0.25) is 0 Å². The molecule has 7 nitrogen and oxygen atoms in total. The number of guanidine groups is 1. The largest absolute Gasteiger partial charge is 0.378 e. The van der Waals surface area contributed by atoms with Crippen molar-refractivity contribution < 1.29 is 4.74 Å². The number of nitrogens with one attached hydrogen (secondary N) is 1. The molecule has 1 N–H and O–H groups in total. The van der Waals surface area contributed by atoms with Crippen molar-refractivity contribution in [2.45, 2.75) is 6.54 Å². The van der Waals surface area contributed by atoms with Crippen LogP contribution in [-0.4, -0.2) is 75.4 Å². The molecule has 4 rings (SSSR count). The van der Waals surface area contributed by atoms with Crippen molar-refractivity contribution >= 4 is 41.4 Å². The average Bonchev–Trinajstić information content (AvgIpc) is 2.81. The molecule has 2 aliphatic rings. The van der Waals surface area contributed by atoms with E-state index < -0.39 is 0 Å². The normalized spacial score (nSPS) is 17.5. The first-order chi connectivity index (χ1) is 14.3. The van der Waals surface area contributed by atoms with E-state index in [1.807, 2.05) is 25.4 Å². The Kier molecular flexibility index (Phi) is 8.56. The van der Waals surface area contributed by atoms with Crippen LogP contribution in [0.5, 0.6) is 0 Å². The minimum Gasteiger partial charge on any atom is -0.378 e. The Balaban J connectivity index is 0.00000256. The molecule has 0 aliphatic carbocycles. The van der Waals surface area contributed by atoms with E-state index in [-0.39, 0.29) is 24.0 Å². The summed E-state index contributed by atoms with van der Waals surface area (Å²) in [5.41, 5.74) is 2.58. The fourth-order valence-corrected chi connectivity index (χ4v) is 3.97. The summed E-state index contributed by atoms with van der Waals surface area (Å²) < 4.78 is 5.51. The van der Waals surface area contributed by atoms with Gasteiger partial charge in [0.25, 0.3) is 0 Å². The maximum Gasteiger partial charge on any atom is 0.194 e. The Morgan fingerprint density at radius 3 is 2.40 bits per heavy atom.